The van der Waals surface area contributed by atoms with Gasteiger partial charge in [-0.25, -0.2) is 0 Å². The first-order valence-electron chi connectivity index (χ1n) is 5.04. The van der Waals surface area contributed by atoms with Crippen molar-refractivity contribution >= 4 is 34.0 Å². The third kappa shape index (κ3) is 1.97. The van der Waals surface area contributed by atoms with Crippen LogP contribution in [0.2, 0.25) is 0 Å². The van der Waals surface area contributed by atoms with Crippen LogP contribution in [0.5, 0.6) is 0 Å². The summed E-state index contributed by atoms with van der Waals surface area (Å²) in [4.78, 5) is 2.47. The van der Waals surface area contributed by atoms with E-state index in [1.165, 1.54) is 22.1 Å². The Kier molecular flexibility index (Phi) is 2.85. The Labute approximate surface area is 98.6 Å². The SMILES string of the molecule is CCN(c1ccc(N)cc1I)C1CC1. The van der Waals surface area contributed by atoms with Gasteiger partial charge in [0.1, 0.15) is 0 Å². The van der Waals surface area contributed by atoms with Crippen LogP contribution in [-0.2, 0) is 0 Å². The molecule has 1 aromatic rings. The van der Waals surface area contributed by atoms with Crippen molar-refractivity contribution in [1.82, 2.24) is 0 Å². The second-order valence-corrected chi connectivity index (χ2v) is 4.89. The minimum atomic E-state index is 0.775. The Morgan fingerprint density at radius 1 is 1.50 bits per heavy atom. The molecule has 2 rings (SSSR count). The third-order valence-electron chi connectivity index (χ3n) is 2.61. The number of rotatable bonds is 3. The molecule has 0 atom stereocenters. The molecule has 1 fully saturated rings. The molecule has 0 aromatic heterocycles. The molecular formula is C11H15IN2. The van der Waals surface area contributed by atoms with E-state index in [-0.39, 0.29) is 0 Å². The van der Waals surface area contributed by atoms with Crippen molar-refractivity contribution in [3.05, 3.63) is 21.8 Å². The van der Waals surface area contributed by atoms with Crippen molar-refractivity contribution in [2.75, 3.05) is 17.2 Å². The molecule has 1 aliphatic carbocycles. The average Bonchev–Trinajstić information content (AvgIpc) is 2.93. The maximum Gasteiger partial charge on any atom is 0.0505 e. The zero-order valence-electron chi connectivity index (χ0n) is 8.33. The smallest absolute Gasteiger partial charge is 0.0505 e. The number of benzene rings is 1. The Hall–Kier alpha value is -0.450. The molecule has 0 aliphatic heterocycles. The lowest BCUT2D eigenvalue weighted by Crippen LogP contribution is -2.25. The standard InChI is InChI=1S/C11H15IN2/c1-2-14(9-4-5-9)11-6-3-8(13)7-10(11)12/h3,6-7,9H,2,4-5,13H2,1H3. The molecule has 2 N–H and O–H groups in total. The van der Waals surface area contributed by atoms with Crippen molar-refractivity contribution < 1.29 is 0 Å². The molecule has 1 aliphatic rings. The highest BCUT2D eigenvalue weighted by Crippen LogP contribution is 2.34. The van der Waals surface area contributed by atoms with E-state index in [4.69, 9.17) is 5.73 Å². The summed E-state index contributed by atoms with van der Waals surface area (Å²) in [5.41, 5.74) is 7.93. The Morgan fingerprint density at radius 2 is 2.21 bits per heavy atom. The summed E-state index contributed by atoms with van der Waals surface area (Å²) in [6.07, 6.45) is 2.68. The van der Waals surface area contributed by atoms with Gasteiger partial charge in [-0.15, -0.1) is 0 Å². The Morgan fingerprint density at radius 3 is 2.71 bits per heavy atom. The lowest BCUT2D eigenvalue weighted by molar-refractivity contribution is 0.824. The number of hydrogen-bond acceptors (Lipinski definition) is 2. The summed E-state index contributed by atoms with van der Waals surface area (Å²) in [5, 5.41) is 0. The van der Waals surface area contributed by atoms with E-state index in [0.29, 0.717) is 0 Å². The highest BCUT2D eigenvalue weighted by Gasteiger charge is 2.28. The van der Waals surface area contributed by atoms with E-state index in [0.717, 1.165) is 18.3 Å². The molecule has 0 unspecified atom stereocenters. The fraction of sp³-hybridized carbons (Fsp3) is 0.455. The molecule has 0 heterocycles. The molecule has 0 bridgehead atoms. The predicted molar refractivity (Wildman–Crippen MR) is 69.6 cm³/mol. The first kappa shape index (κ1) is 10.1. The Bertz CT molecular complexity index is 334. The molecule has 0 spiro atoms. The van der Waals surface area contributed by atoms with Crippen LogP contribution in [0.1, 0.15) is 19.8 Å². The van der Waals surface area contributed by atoms with Gasteiger partial charge in [0.15, 0.2) is 0 Å². The van der Waals surface area contributed by atoms with Gasteiger partial charge in [0.2, 0.25) is 0 Å². The van der Waals surface area contributed by atoms with E-state index in [1.807, 2.05) is 12.1 Å². The first-order valence-corrected chi connectivity index (χ1v) is 6.12. The van der Waals surface area contributed by atoms with Gasteiger partial charge in [-0.2, -0.15) is 0 Å². The van der Waals surface area contributed by atoms with Gasteiger partial charge >= 0.3 is 0 Å². The van der Waals surface area contributed by atoms with Crippen LogP contribution < -0.4 is 10.6 Å². The number of anilines is 2. The van der Waals surface area contributed by atoms with E-state index in [2.05, 4.69) is 40.5 Å². The van der Waals surface area contributed by atoms with Crippen LogP contribution >= 0.6 is 22.6 Å². The maximum atomic E-state index is 5.74. The van der Waals surface area contributed by atoms with Crippen LogP contribution in [0.25, 0.3) is 0 Å². The minimum absolute atomic E-state index is 0.775. The molecule has 0 saturated heterocycles. The van der Waals surface area contributed by atoms with Crippen molar-refractivity contribution in [1.29, 1.82) is 0 Å². The number of hydrogen-bond donors (Lipinski definition) is 1. The quantitative estimate of drug-likeness (QED) is 0.687. The van der Waals surface area contributed by atoms with Gasteiger partial charge in [-0.05, 0) is 60.6 Å². The molecule has 3 heteroatoms. The number of nitrogens with zero attached hydrogens (tertiary/aromatic N) is 1. The molecule has 14 heavy (non-hydrogen) atoms. The van der Waals surface area contributed by atoms with Gasteiger partial charge in [-0.1, -0.05) is 0 Å². The maximum absolute atomic E-state index is 5.74. The topological polar surface area (TPSA) is 29.3 Å². The molecule has 2 nitrogen and oxygen atoms in total. The molecule has 0 radical (unpaired) electrons. The van der Waals surface area contributed by atoms with Crippen molar-refractivity contribution in [3.63, 3.8) is 0 Å². The fourth-order valence-corrected chi connectivity index (χ4v) is 2.62. The van der Waals surface area contributed by atoms with Crippen molar-refractivity contribution in [3.8, 4) is 0 Å². The highest BCUT2D eigenvalue weighted by molar-refractivity contribution is 14.1. The molecule has 76 valence electrons. The van der Waals surface area contributed by atoms with Crippen molar-refractivity contribution in [2.45, 2.75) is 25.8 Å². The van der Waals surface area contributed by atoms with Gasteiger partial charge in [-0.3, -0.25) is 0 Å². The first-order chi connectivity index (χ1) is 6.72. The second kappa shape index (κ2) is 3.96. The summed E-state index contributed by atoms with van der Waals surface area (Å²) in [6, 6.07) is 6.94. The van der Waals surface area contributed by atoms with Gasteiger partial charge in [0.05, 0.1) is 5.69 Å². The third-order valence-corrected chi connectivity index (χ3v) is 3.47. The lowest BCUT2D eigenvalue weighted by Gasteiger charge is -2.24. The zero-order valence-corrected chi connectivity index (χ0v) is 10.5. The molecular weight excluding hydrogens is 287 g/mol. The van der Waals surface area contributed by atoms with Gasteiger partial charge in [0, 0.05) is 21.8 Å². The normalized spacial score (nSPS) is 15.6. The lowest BCUT2D eigenvalue weighted by atomic mass is 10.2. The number of nitrogens with two attached hydrogens (primary N) is 1. The van der Waals surface area contributed by atoms with E-state index in [1.54, 1.807) is 0 Å². The van der Waals surface area contributed by atoms with E-state index in [9.17, 15) is 0 Å². The zero-order chi connectivity index (χ0) is 10.1. The fourth-order valence-electron chi connectivity index (χ4n) is 1.77. The van der Waals surface area contributed by atoms with Crippen molar-refractivity contribution in [2.24, 2.45) is 0 Å². The number of halogens is 1. The molecule has 1 saturated carbocycles. The average molecular weight is 302 g/mol. The summed E-state index contributed by atoms with van der Waals surface area (Å²) < 4.78 is 1.26. The van der Waals surface area contributed by atoms with Gasteiger partial charge < -0.3 is 10.6 Å². The van der Waals surface area contributed by atoms with E-state index < -0.39 is 0 Å². The van der Waals surface area contributed by atoms with Gasteiger partial charge in [0.25, 0.3) is 0 Å². The van der Waals surface area contributed by atoms with Crippen LogP contribution in [0.4, 0.5) is 11.4 Å². The molecule has 1 aromatic carbocycles. The summed E-state index contributed by atoms with van der Waals surface area (Å²) in [6.45, 7) is 3.30. The van der Waals surface area contributed by atoms with Crippen LogP contribution in [-0.4, -0.2) is 12.6 Å². The minimum Gasteiger partial charge on any atom is -0.399 e. The highest BCUT2D eigenvalue weighted by atomic mass is 127. The van der Waals surface area contributed by atoms with Crippen LogP contribution in [0.15, 0.2) is 18.2 Å². The molecule has 0 amide bonds. The number of nitrogen functional groups attached to an aromatic ring is 1. The summed E-state index contributed by atoms with van der Waals surface area (Å²) in [7, 11) is 0. The van der Waals surface area contributed by atoms with Crippen LogP contribution in [0.3, 0.4) is 0 Å². The van der Waals surface area contributed by atoms with E-state index >= 15 is 0 Å². The second-order valence-electron chi connectivity index (χ2n) is 3.73. The predicted octanol–water partition coefficient (Wildman–Crippen LogP) is 2.86. The monoisotopic (exact) mass is 302 g/mol. The largest absolute Gasteiger partial charge is 0.399 e. The Balaban J connectivity index is 2.29. The summed E-state index contributed by atoms with van der Waals surface area (Å²) in [5.74, 6) is 0. The summed E-state index contributed by atoms with van der Waals surface area (Å²) >= 11 is 2.36. The van der Waals surface area contributed by atoms with Crippen LogP contribution in [0, 0.1) is 3.57 Å².